The molecule has 0 spiro atoms. The smallest absolute Gasteiger partial charge is 0.254 e. The minimum Gasteiger partial charge on any atom is -0.497 e. The maximum absolute atomic E-state index is 14.0. The number of piperazine rings is 1. The van der Waals surface area contributed by atoms with Crippen LogP contribution in [-0.4, -0.2) is 62.0 Å². The van der Waals surface area contributed by atoms with Crippen molar-refractivity contribution in [1.82, 2.24) is 9.80 Å². The molecule has 2 atom stereocenters. The van der Waals surface area contributed by atoms with E-state index < -0.39 is 5.92 Å². The molecule has 7 heteroatoms. The number of methoxy groups -OCH3 is 1. The fraction of sp³-hybridized carbons (Fsp3) is 0.308. The summed E-state index contributed by atoms with van der Waals surface area (Å²) in [4.78, 5) is 34.1. The van der Waals surface area contributed by atoms with E-state index >= 15 is 0 Å². The van der Waals surface area contributed by atoms with E-state index in [1.807, 2.05) is 71.9 Å². The molecule has 6 nitrogen and oxygen atoms in total. The van der Waals surface area contributed by atoms with Crippen molar-refractivity contribution in [3.8, 4) is 5.75 Å². The van der Waals surface area contributed by atoms with E-state index in [1.54, 1.807) is 23.3 Å². The highest BCUT2D eigenvalue weighted by molar-refractivity contribution is 7.10. The third kappa shape index (κ3) is 3.86. The van der Waals surface area contributed by atoms with Crippen LogP contribution < -0.4 is 9.64 Å². The number of hydrogen-bond donors (Lipinski definition) is 0. The van der Waals surface area contributed by atoms with Crippen molar-refractivity contribution in [2.24, 2.45) is 0 Å². The van der Waals surface area contributed by atoms with Gasteiger partial charge in [0.05, 0.1) is 19.1 Å². The second kappa shape index (κ2) is 8.90. The van der Waals surface area contributed by atoms with E-state index in [9.17, 15) is 9.59 Å². The highest BCUT2D eigenvalue weighted by Gasteiger charge is 2.44. The van der Waals surface area contributed by atoms with E-state index in [1.165, 1.54) is 0 Å². The van der Waals surface area contributed by atoms with E-state index in [4.69, 9.17) is 4.74 Å². The predicted molar refractivity (Wildman–Crippen MR) is 130 cm³/mol. The summed E-state index contributed by atoms with van der Waals surface area (Å²) >= 11 is 1.59. The molecule has 5 rings (SSSR count). The van der Waals surface area contributed by atoms with Crippen molar-refractivity contribution >= 4 is 28.8 Å². The summed E-state index contributed by atoms with van der Waals surface area (Å²) in [6.45, 7) is 2.80. The van der Waals surface area contributed by atoms with Gasteiger partial charge in [0.2, 0.25) is 5.91 Å². The van der Waals surface area contributed by atoms with Crippen molar-refractivity contribution in [3.63, 3.8) is 0 Å². The second-order valence-electron chi connectivity index (χ2n) is 8.46. The Labute approximate surface area is 198 Å². The number of nitrogens with zero attached hydrogens (tertiary/aromatic N) is 3. The first kappa shape index (κ1) is 21.5. The molecule has 1 saturated heterocycles. The fourth-order valence-corrected chi connectivity index (χ4v) is 5.85. The number of carbonyl (C=O) groups excluding carboxylic acids is 2. The normalized spacial score (nSPS) is 20.5. The third-order valence-electron chi connectivity index (χ3n) is 6.69. The Morgan fingerprint density at radius 3 is 2.52 bits per heavy atom. The van der Waals surface area contributed by atoms with Crippen LogP contribution in [0.5, 0.6) is 5.75 Å². The maximum Gasteiger partial charge on any atom is 0.254 e. The summed E-state index contributed by atoms with van der Waals surface area (Å²) in [7, 11) is 3.48. The molecular weight excluding hydrogens is 434 g/mol. The first-order valence-electron chi connectivity index (χ1n) is 11.2. The van der Waals surface area contributed by atoms with E-state index in [0.717, 1.165) is 35.0 Å². The summed E-state index contributed by atoms with van der Waals surface area (Å²) < 4.78 is 5.36. The number of anilines is 1. The zero-order chi connectivity index (χ0) is 22.9. The van der Waals surface area contributed by atoms with Crippen molar-refractivity contribution in [1.29, 1.82) is 0 Å². The molecule has 2 aromatic carbocycles. The Morgan fingerprint density at radius 2 is 1.79 bits per heavy atom. The van der Waals surface area contributed by atoms with Gasteiger partial charge in [-0.2, -0.15) is 0 Å². The topological polar surface area (TPSA) is 53.1 Å². The van der Waals surface area contributed by atoms with Gasteiger partial charge in [-0.25, -0.2) is 0 Å². The Morgan fingerprint density at radius 1 is 1.00 bits per heavy atom. The van der Waals surface area contributed by atoms with Gasteiger partial charge in [-0.15, -0.1) is 11.3 Å². The van der Waals surface area contributed by atoms with Crippen molar-refractivity contribution in [2.75, 3.05) is 45.2 Å². The average Bonchev–Trinajstić information content (AvgIpc) is 3.40. The highest BCUT2D eigenvalue weighted by atomic mass is 32.1. The maximum atomic E-state index is 14.0. The number of amides is 2. The average molecular weight is 462 g/mol. The van der Waals surface area contributed by atoms with Crippen LogP contribution >= 0.6 is 11.3 Å². The van der Waals surface area contributed by atoms with Gasteiger partial charge in [-0.1, -0.05) is 30.3 Å². The summed E-state index contributed by atoms with van der Waals surface area (Å²) in [5, 5.41) is 2.00. The molecular formula is C26H27N3O3S. The molecule has 2 aliphatic rings. The third-order valence-corrected chi connectivity index (χ3v) is 7.63. The minimum absolute atomic E-state index is 0.0316. The Hall–Kier alpha value is -3.32. The van der Waals surface area contributed by atoms with Gasteiger partial charge in [0, 0.05) is 55.4 Å². The molecule has 2 unspecified atom stereocenters. The predicted octanol–water partition coefficient (Wildman–Crippen LogP) is 4.02. The summed E-state index contributed by atoms with van der Waals surface area (Å²) in [6.07, 6.45) is 0. The molecule has 2 aliphatic heterocycles. The van der Waals surface area contributed by atoms with E-state index in [-0.39, 0.29) is 17.9 Å². The molecule has 3 aromatic rings. The Kier molecular flexibility index (Phi) is 5.81. The lowest BCUT2D eigenvalue weighted by Gasteiger charge is -2.43. The van der Waals surface area contributed by atoms with Crippen LogP contribution in [0.4, 0.5) is 5.69 Å². The lowest BCUT2D eigenvalue weighted by atomic mass is 9.81. The minimum atomic E-state index is -0.411. The molecule has 0 aliphatic carbocycles. The Balaban J connectivity index is 1.42. The standard InChI is InChI=1S/C26H27N3O3S/c1-27-24(22-11-6-16-33-22)23(20-9-3-4-10-21(20)25(27)30)26(31)29-14-12-28(13-15-29)18-7-5-8-19(17-18)32-2/h3-11,16-17,23-24H,12-15H2,1-2H3. The largest absolute Gasteiger partial charge is 0.497 e. The van der Waals surface area contributed by atoms with Crippen LogP contribution in [-0.2, 0) is 4.79 Å². The van der Waals surface area contributed by atoms with Crippen LogP contribution in [0.25, 0.3) is 0 Å². The van der Waals surface area contributed by atoms with Gasteiger partial charge in [0.1, 0.15) is 5.75 Å². The first-order chi connectivity index (χ1) is 16.1. The number of benzene rings is 2. The monoisotopic (exact) mass is 461 g/mol. The number of ether oxygens (including phenoxy) is 1. The molecule has 0 saturated carbocycles. The molecule has 0 radical (unpaired) electrons. The number of carbonyl (C=O) groups is 2. The number of hydrogen-bond acceptors (Lipinski definition) is 5. The van der Waals surface area contributed by atoms with Crippen LogP contribution in [0.1, 0.15) is 32.8 Å². The van der Waals surface area contributed by atoms with E-state index in [0.29, 0.717) is 18.7 Å². The summed E-state index contributed by atoms with van der Waals surface area (Å²) in [5.74, 6) is 0.476. The number of likely N-dealkylation sites (N-methyl/N-ethyl adjacent to an activating group) is 1. The molecule has 3 heterocycles. The van der Waals surface area contributed by atoms with Crippen molar-refractivity contribution < 1.29 is 14.3 Å². The van der Waals surface area contributed by atoms with Crippen LogP contribution in [0.3, 0.4) is 0 Å². The van der Waals surface area contributed by atoms with Crippen LogP contribution in [0.15, 0.2) is 66.0 Å². The van der Waals surface area contributed by atoms with Crippen LogP contribution in [0.2, 0.25) is 0 Å². The number of thiophene rings is 1. The molecule has 1 fully saturated rings. The van der Waals surface area contributed by atoms with Gasteiger partial charge in [0.15, 0.2) is 0 Å². The first-order valence-corrected chi connectivity index (χ1v) is 12.0. The molecule has 2 amide bonds. The second-order valence-corrected chi connectivity index (χ2v) is 9.43. The van der Waals surface area contributed by atoms with E-state index in [2.05, 4.69) is 11.0 Å². The SMILES string of the molecule is COc1cccc(N2CCN(C(=O)C3c4ccccc4C(=O)N(C)C3c3cccs3)CC2)c1. The fourth-order valence-electron chi connectivity index (χ4n) is 4.94. The highest BCUT2D eigenvalue weighted by Crippen LogP contribution is 2.44. The molecule has 170 valence electrons. The van der Waals surface area contributed by atoms with Gasteiger partial charge >= 0.3 is 0 Å². The number of fused-ring (bicyclic) bond motifs is 1. The van der Waals surface area contributed by atoms with Crippen molar-refractivity contribution in [3.05, 3.63) is 82.0 Å². The summed E-state index contributed by atoms with van der Waals surface area (Å²) in [6, 6.07) is 19.3. The quantitative estimate of drug-likeness (QED) is 0.589. The van der Waals surface area contributed by atoms with Gasteiger partial charge in [-0.05, 0) is 35.2 Å². The lowest BCUT2D eigenvalue weighted by molar-refractivity contribution is -0.134. The zero-order valence-corrected chi connectivity index (χ0v) is 19.6. The zero-order valence-electron chi connectivity index (χ0n) is 18.8. The van der Waals surface area contributed by atoms with Gasteiger partial charge in [0.25, 0.3) is 5.91 Å². The Bertz CT molecular complexity index is 1160. The molecule has 0 bridgehead atoms. The number of rotatable bonds is 4. The molecule has 33 heavy (non-hydrogen) atoms. The van der Waals surface area contributed by atoms with Crippen LogP contribution in [0, 0.1) is 0 Å². The summed E-state index contributed by atoms with van der Waals surface area (Å²) in [5.41, 5.74) is 2.56. The molecule has 0 N–H and O–H groups in total. The lowest BCUT2D eigenvalue weighted by Crippen LogP contribution is -2.53. The van der Waals surface area contributed by atoms with Crippen molar-refractivity contribution in [2.45, 2.75) is 12.0 Å². The molecule has 1 aromatic heterocycles. The van der Waals surface area contributed by atoms with Gasteiger partial charge in [-0.3, -0.25) is 9.59 Å². The van der Waals surface area contributed by atoms with Gasteiger partial charge < -0.3 is 19.4 Å².